The molecule has 8 nitrogen and oxygen atoms in total. The number of carbonyl (C=O) groups is 2. The lowest BCUT2D eigenvalue weighted by atomic mass is 10.00. The van der Waals surface area contributed by atoms with Crippen molar-refractivity contribution in [2.45, 2.75) is 45.2 Å². The molecular weight excluding hydrogens is 394 g/mol. The first kappa shape index (κ1) is 21.1. The standard InChI is InChI=1S/C23H29N5O3/c1-16(29)27-13-11-19-18(14-27)22(24-2)26-23(25-19)20-10-6-7-12-28(20)21(30)15-31-17-8-4-3-5-9-17/h3-5,8-9,20H,6-7,10-15H2,1-2H3,(H,24,25,26)/t20-/m0/s1. The molecule has 0 saturated carbocycles. The average Bonchev–Trinajstić information content (AvgIpc) is 2.82. The Bertz CT molecular complexity index is 932. The summed E-state index contributed by atoms with van der Waals surface area (Å²) in [6.45, 7) is 3.43. The van der Waals surface area contributed by atoms with Gasteiger partial charge in [-0.2, -0.15) is 0 Å². The van der Waals surface area contributed by atoms with Gasteiger partial charge in [-0.15, -0.1) is 0 Å². The van der Waals surface area contributed by atoms with Crippen molar-refractivity contribution in [1.29, 1.82) is 0 Å². The Balaban J connectivity index is 1.55. The van der Waals surface area contributed by atoms with Crippen molar-refractivity contribution in [1.82, 2.24) is 19.8 Å². The number of likely N-dealkylation sites (tertiary alicyclic amines) is 1. The SMILES string of the molecule is CNc1nc([C@@H]2CCCCN2C(=O)COc2ccccc2)nc2c1CN(C(C)=O)CC2. The zero-order valence-electron chi connectivity index (χ0n) is 18.1. The Morgan fingerprint density at radius 3 is 2.71 bits per heavy atom. The molecule has 1 aromatic heterocycles. The number of benzene rings is 1. The van der Waals surface area contributed by atoms with Crippen LogP contribution in [0.3, 0.4) is 0 Å². The number of piperidine rings is 1. The van der Waals surface area contributed by atoms with Gasteiger partial charge in [-0.3, -0.25) is 9.59 Å². The highest BCUT2D eigenvalue weighted by Crippen LogP contribution is 2.32. The van der Waals surface area contributed by atoms with Gasteiger partial charge in [-0.1, -0.05) is 18.2 Å². The van der Waals surface area contributed by atoms with Crippen LogP contribution in [0.15, 0.2) is 30.3 Å². The summed E-state index contributed by atoms with van der Waals surface area (Å²) in [6, 6.07) is 9.21. The van der Waals surface area contributed by atoms with Crippen LogP contribution in [-0.4, -0.2) is 58.3 Å². The maximum absolute atomic E-state index is 13.0. The van der Waals surface area contributed by atoms with Crippen molar-refractivity contribution in [3.05, 3.63) is 47.4 Å². The fraction of sp³-hybridized carbons (Fsp3) is 0.478. The molecule has 8 heteroatoms. The van der Waals surface area contributed by atoms with Crippen molar-refractivity contribution in [2.24, 2.45) is 0 Å². The fourth-order valence-corrected chi connectivity index (χ4v) is 4.30. The van der Waals surface area contributed by atoms with E-state index in [1.807, 2.05) is 47.2 Å². The summed E-state index contributed by atoms with van der Waals surface area (Å²) in [6.07, 6.45) is 3.52. The Morgan fingerprint density at radius 1 is 1.16 bits per heavy atom. The Labute approximate surface area is 182 Å². The summed E-state index contributed by atoms with van der Waals surface area (Å²) >= 11 is 0. The second-order valence-electron chi connectivity index (χ2n) is 8.00. The lowest BCUT2D eigenvalue weighted by Gasteiger charge is -2.36. The van der Waals surface area contributed by atoms with Gasteiger partial charge < -0.3 is 19.9 Å². The highest BCUT2D eigenvalue weighted by Gasteiger charge is 2.32. The number of nitrogens with one attached hydrogen (secondary N) is 1. The summed E-state index contributed by atoms with van der Waals surface area (Å²) in [4.78, 5) is 38.1. The molecule has 4 rings (SSSR count). The first-order valence-electron chi connectivity index (χ1n) is 10.9. The first-order valence-corrected chi connectivity index (χ1v) is 10.9. The number of para-hydroxylation sites is 1. The van der Waals surface area contributed by atoms with E-state index in [1.54, 1.807) is 6.92 Å². The third-order valence-electron chi connectivity index (χ3n) is 5.99. The van der Waals surface area contributed by atoms with Gasteiger partial charge in [-0.25, -0.2) is 9.97 Å². The van der Waals surface area contributed by atoms with E-state index in [0.717, 1.165) is 36.3 Å². The maximum atomic E-state index is 13.0. The molecule has 0 unspecified atom stereocenters. The number of fused-ring (bicyclic) bond motifs is 1. The Hall–Kier alpha value is -3.16. The number of anilines is 1. The number of aromatic nitrogens is 2. The van der Waals surface area contributed by atoms with Crippen LogP contribution in [0.1, 0.15) is 49.3 Å². The number of hydrogen-bond acceptors (Lipinski definition) is 6. The zero-order chi connectivity index (χ0) is 21.8. The summed E-state index contributed by atoms with van der Waals surface area (Å²) in [5, 5.41) is 3.17. The lowest BCUT2D eigenvalue weighted by Crippen LogP contribution is -2.42. The maximum Gasteiger partial charge on any atom is 0.261 e. The molecular formula is C23H29N5O3. The third kappa shape index (κ3) is 4.62. The van der Waals surface area contributed by atoms with Crippen LogP contribution in [0.2, 0.25) is 0 Å². The van der Waals surface area contributed by atoms with E-state index in [-0.39, 0.29) is 24.5 Å². The molecule has 1 atom stereocenters. The molecule has 1 N–H and O–H groups in total. The monoisotopic (exact) mass is 423 g/mol. The summed E-state index contributed by atoms with van der Waals surface area (Å²) < 4.78 is 5.69. The van der Waals surface area contributed by atoms with E-state index in [2.05, 4.69) is 5.32 Å². The van der Waals surface area contributed by atoms with Gasteiger partial charge in [0.2, 0.25) is 5.91 Å². The zero-order valence-corrected chi connectivity index (χ0v) is 18.1. The second-order valence-corrected chi connectivity index (χ2v) is 8.00. The van der Waals surface area contributed by atoms with Crippen molar-refractivity contribution >= 4 is 17.6 Å². The molecule has 2 aromatic rings. The minimum absolute atomic E-state index is 0.00207. The molecule has 0 bridgehead atoms. The van der Waals surface area contributed by atoms with E-state index < -0.39 is 0 Å². The Morgan fingerprint density at radius 2 is 1.97 bits per heavy atom. The summed E-state index contributed by atoms with van der Waals surface area (Å²) in [5.41, 5.74) is 1.93. The van der Waals surface area contributed by atoms with Crippen molar-refractivity contribution in [3.63, 3.8) is 0 Å². The molecule has 0 radical (unpaired) electrons. The summed E-state index contributed by atoms with van der Waals surface area (Å²) in [7, 11) is 1.83. The number of rotatable bonds is 5. The molecule has 31 heavy (non-hydrogen) atoms. The van der Waals surface area contributed by atoms with Crippen molar-refractivity contribution < 1.29 is 14.3 Å². The number of ether oxygens (including phenoxy) is 1. The quantitative estimate of drug-likeness (QED) is 0.795. The van der Waals surface area contributed by atoms with Gasteiger partial charge >= 0.3 is 0 Å². The van der Waals surface area contributed by atoms with Gasteiger partial charge in [0, 0.05) is 39.0 Å². The van der Waals surface area contributed by atoms with E-state index in [0.29, 0.717) is 37.6 Å². The van der Waals surface area contributed by atoms with Crippen molar-refractivity contribution in [2.75, 3.05) is 32.1 Å². The van der Waals surface area contributed by atoms with E-state index in [4.69, 9.17) is 14.7 Å². The molecule has 3 heterocycles. The normalized spacial score (nSPS) is 18.3. The van der Waals surface area contributed by atoms with Crippen molar-refractivity contribution in [3.8, 4) is 5.75 Å². The van der Waals surface area contributed by atoms with Crippen LogP contribution >= 0.6 is 0 Å². The van der Waals surface area contributed by atoms with Gasteiger partial charge in [-0.05, 0) is 31.4 Å². The molecule has 2 aliphatic rings. The molecule has 1 aromatic carbocycles. The summed E-state index contributed by atoms with van der Waals surface area (Å²) in [5.74, 6) is 2.10. The molecule has 2 aliphatic heterocycles. The number of hydrogen-bond donors (Lipinski definition) is 1. The topological polar surface area (TPSA) is 87.7 Å². The van der Waals surface area contributed by atoms with Gasteiger partial charge in [0.15, 0.2) is 12.4 Å². The van der Waals surface area contributed by atoms with Crippen LogP contribution in [0, 0.1) is 0 Å². The van der Waals surface area contributed by atoms with Crippen LogP contribution in [0.25, 0.3) is 0 Å². The lowest BCUT2D eigenvalue weighted by molar-refractivity contribution is -0.137. The number of amides is 2. The molecule has 1 fully saturated rings. The molecule has 0 aliphatic carbocycles. The fourth-order valence-electron chi connectivity index (χ4n) is 4.30. The number of carbonyl (C=O) groups excluding carboxylic acids is 2. The molecule has 0 spiro atoms. The second kappa shape index (κ2) is 9.32. The van der Waals surface area contributed by atoms with E-state index in [1.165, 1.54) is 0 Å². The van der Waals surface area contributed by atoms with Gasteiger partial charge in [0.1, 0.15) is 11.6 Å². The van der Waals surface area contributed by atoms with E-state index >= 15 is 0 Å². The van der Waals surface area contributed by atoms with Gasteiger partial charge in [0.05, 0.1) is 18.3 Å². The molecule has 164 valence electrons. The minimum Gasteiger partial charge on any atom is -0.484 e. The highest BCUT2D eigenvalue weighted by atomic mass is 16.5. The average molecular weight is 424 g/mol. The van der Waals surface area contributed by atoms with Crippen LogP contribution in [-0.2, 0) is 22.6 Å². The predicted octanol–water partition coefficient (Wildman–Crippen LogP) is 2.56. The number of nitrogens with zero attached hydrogens (tertiary/aromatic N) is 4. The first-order chi connectivity index (χ1) is 15.1. The predicted molar refractivity (Wildman–Crippen MR) is 117 cm³/mol. The van der Waals surface area contributed by atoms with E-state index in [9.17, 15) is 9.59 Å². The molecule has 1 saturated heterocycles. The third-order valence-corrected chi connectivity index (χ3v) is 5.99. The van der Waals surface area contributed by atoms with Gasteiger partial charge in [0.25, 0.3) is 5.91 Å². The van der Waals surface area contributed by atoms with Crippen LogP contribution in [0.4, 0.5) is 5.82 Å². The highest BCUT2D eigenvalue weighted by molar-refractivity contribution is 5.78. The molecule has 2 amide bonds. The van der Waals surface area contributed by atoms with Crippen LogP contribution in [0.5, 0.6) is 5.75 Å². The van der Waals surface area contributed by atoms with Crippen LogP contribution < -0.4 is 10.1 Å². The minimum atomic E-state index is -0.163. The Kier molecular flexibility index (Phi) is 6.34. The smallest absolute Gasteiger partial charge is 0.261 e. The largest absolute Gasteiger partial charge is 0.484 e.